The van der Waals surface area contributed by atoms with Crippen molar-refractivity contribution in [2.24, 2.45) is 5.92 Å². The molecule has 0 radical (unpaired) electrons. The lowest BCUT2D eigenvalue weighted by Gasteiger charge is -2.49. The Morgan fingerprint density at radius 3 is 2.87 bits per heavy atom. The Hall–Kier alpha value is -0.910. The molecule has 1 aromatic heterocycles. The molecule has 5 nitrogen and oxygen atoms in total. The highest BCUT2D eigenvalue weighted by molar-refractivity contribution is 5.27. The summed E-state index contributed by atoms with van der Waals surface area (Å²) in [7, 11) is 0. The maximum Gasteiger partial charge on any atom is 0.0952 e. The number of hydrogen-bond acceptors (Lipinski definition) is 4. The van der Waals surface area contributed by atoms with E-state index in [1.165, 1.54) is 30.8 Å². The van der Waals surface area contributed by atoms with Crippen LogP contribution in [-0.2, 0) is 28.0 Å². The van der Waals surface area contributed by atoms with Crippen LogP contribution in [0.3, 0.4) is 0 Å². The quantitative estimate of drug-likeness (QED) is 0.853. The van der Waals surface area contributed by atoms with Crippen LogP contribution in [0.2, 0.25) is 0 Å². The van der Waals surface area contributed by atoms with Gasteiger partial charge in [-0.3, -0.25) is 4.90 Å². The van der Waals surface area contributed by atoms with E-state index in [2.05, 4.69) is 22.7 Å². The summed E-state index contributed by atoms with van der Waals surface area (Å²) in [4.78, 5) is 7.60. The third-order valence-corrected chi connectivity index (χ3v) is 6.10. The van der Waals surface area contributed by atoms with Gasteiger partial charge in [-0.15, -0.1) is 0 Å². The zero-order valence-corrected chi connectivity index (χ0v) is 14.3. The van der Waals surface area contributed by atoms with E-state index in [1.54, 1.807) is 0 Å². The van der Waals surface area contributed by atoms with Crippen molar-refractivity contribution in [2.75, 3.05) is 39.5 Å². The van der Waals surface area contributed by atoms with Crippen molar-refractivity contribution in [3.63, 3.8) is 0 Å². The first-order chi connectivity index (χ1) is 11.3. The molecule has 1 spiro atoms. The number of nitrogens with zero attached hydrogens (tertiary/aromatic N) is 3. The van der Waals surface area contributed by atoms with Crippen molar-refractivity contribution in [2.45, 2.75) is 51.1 Å². The van der Waals surface area contributed by atoms with Crippen LogP contribution < -0.4 is 0 Å². The van der Waals surface area contributed by atoms with E-state index in [4.69, 9.17) is 14.5 Å². The molecule has 1 aromatic rings. The van der Waals surface area contributed by atoms with Crippen LogP contribution in [0.1, 0.15) is 44.0 Å². The summed E-state index contributed by atoms with van der Waals surface area (Å²) in [5.41, 5.74) is 2.93. The standard InChI is InChI=1S/C18H29N3O2/c1-2-20-14-19-17-16(20)4-9-21(8-3-15-5-10-23-13-15)18(17)6-11-22-12-7-18/h14-15H,2-13H2,1H3. The van der Waals surface area contributed by atoms with Crippen molar-refractivity contribution in [3.05, 3.63) is 17.7 Å². The van der Waals surface area contributed by atoms with Crippen LogP contribution in [0.15, 0.2) is 6.33 Å². The number of ether oxygens (including phenoxy) is 2. The molecule has 23 heavy (non-hydrogen) atoms. The zero-order chi connectivity index (χ0) is 15.7. The fraction of sp³-hybridized carbons (Fsp3) is 0.833. The molecular weight excluding hydrogens is 290 g/mol. The second-order valence-electron chi connectivity index (χ2n) is 7.23. The van der Waals surface area contributed by atoms with E-state index < -0.39 is 0 Å². The number of imidazole rings is 1. The first-order valence-corrected chi connectivity index (χ1v) is 9.28. The van der Waals surface area contributed by atoms with Crippen LogP contribution in [0.5, 0.6) is 0 Å². The summed E-state index contributed by atoms with van der Waals surface area (Å²) < 4.78 is 13.6. The Kier molecular flexibility index (Phi) is 4.43. The third-order valence-electron chi connectivity index (χ3n) is 6.10. The normalized spacial score (nSPS) is 27.4. The van der Waals surface area contributed by atoms with Gasteiger partial charge in [0.05, 0.1) is 17.6 Å². The molecular formula is C18H29N3O2. The van der Waals surface area contributed by atoms with Crippen LogP contribution in [0, 0.1) is 5.92 Å². The van der Waals surface area contributed by atoms with Crippen molar-refractivity contribution in [1.29, 1.82) is 0 Å². The van der Waals surface area contributed by atoms with Gasteiger partial charge in [0, 0.05) is 51.6 Å². The van der Waals surface area contributed by atoms with E-state index >= 15 is 0 Å². The van der Waals surface area contributed by atoms with Gasteiger partial charge in [-0.1, -0.05) is 0 Å². The average Bonchev–Trinajstić information content (AvgIpc) is 3.25. The predicted octanol–water partition coefficient (Wildman–Crippen LogP) is 2.19. The molecule has 0 N–H and O–H groups in total. The van der Waals surface area contributed by atoms with Gasteiger partial charge in [0.25, 0.3) is 0 Å². The summed E-state index contributed by atoms with van der Waals surface area (Å²) in [5, 5.41) is 0. The van der Waals surface area contributed by atoms with Crippen molar-refractivity contribution >= 4 is 0 Å². The summed E-state index contributed by atoms with van der Waals surface area (Å²) in [6.45, 7) is 9.20. The lowest BCUT2D eigenvalue weighted by atomic mass is 9.80. The number of aryl methyl sites for hydroxylation is 1. The van der Waals surface area contributed by atoms with Gasteiger partial charge in [0.2, 0.25) is 0 Å². The van der Waals surface area contributed by atoms with Crippen molar-refractivity contribution in [3.8, 4) is 0 Å². The average molecular weight is 319 g/mol. The predicted molar refractivity (Wildman–Crippen MR) is 88.5 cm³/mol. The molecule has 0 aromatic carbocycles. The number of fused-ring (bicyclic) bond motifs is 2. The van der Waals surface area contributed by atoms with Crippen molar-refractivity contribution < 1.29 is 9.47 Å². The zero-order valence-electron chi connectivity index (χ0n) is 14.3. The van der Waals surface area contributed by atoms with Gasteiger partial charge in [0.15, 0.2) is 0 Å². The molecule has 4 rings (SSSR count). The third kappa shape index (κ3) is 2.73. The molecule has 128 valence electrons. The van der Waals surface area contributed by atoms with Crippen LogP contribution in [0.25, 0.3) is 0 Å². The van der Waals surface area contributed by atoms with Gasteiger partial charge in [-0.2, -0.15) is 0 Å². The highest BCUT2D eigenvalue weighted by atomic mass is 16.5. The van der Waals surface area contributed by atoms with E-state index in [1.807, 2.05) is 0 Å². The minimum atomic E-state index is 0.117. The summed E-state index contributed by atoms with van der Waals surface area (Å²) >= 11 is 0. The summed E-state index contributed by atoms with van der Waals surface area (Å²) in [5.74, 6) is 0.751. The lowest BCUT2D eigenvalue weighted by Crippen LogP contribution is -2.54. The van der Waals surface area contributed by atoms with Gasteiger partial charge in [-0.25, -0.2) is 4.98 Å². The maximum atomic E-state index is 5.69. The molecule has 0 bridgehead atoms. The van der Waals surface area contributed by atoms with Gasteiger partial charge < -0.3 is 14.0 Å². The van der Waals surface area contributed by atoms with Crippen LogP contribution in [-0.4, -0.2) is 54.0 Å². The largest absolute Gasteiger partial charge is 0.381 e. The molecule has 0 saturated carbocycles. The van der Waals surface area contributed by atoms with E-state index in [0.717, 1.165) is 64.7 Å². The molecule has 1 atom stereocenters. The summed E-state index contributed by atoms with van der Waals surface area (Å²) in [6.07, 6.45) is 7.85. The van der Waals surface area contributed by atoms with Crippen LogP contribution in [0.4, 0.5) is 0 Å². The Morgan fingerprint density at radius 1 is 1.26 bits per heavy atom. The minimum absolute atomic E-state index is 0.117. The maximum absolute atomic E-state index is 5.69. The van der Waals surface area contributed by atoms with E-state index in [9.17, 15) is 0 Å². The first kappa shape index (κ1) is 15.6. The molecule has 1 unspecified atom stereocenters. The fourth-order valence-electron chi connectivity index (χ4n) is 4.67. The van der Waals surface area contributed by atoms with Crippen LogP contribution >= 0.6 is 0 Å². The Bertz CT molecular complexity index is 530. The van der Waals surface area contributed by atoms with Gasteiger partial charge >= 0.3 is 0 Å². The SMILES string of the molecule is CCn1cnc2c1CCN(CCC1CCOC1)C21CCOCC1. The molecule has 2 saturated heterocycles. The van der Waals surface area contributed by atoms with Gasteiger partial charge in [-0.05, 0) is 45.1 Å². The highest BCUT2D eigenvalue weighted by Gasteiger charge is 2.46. The number of hydrogen-bond donors (Lipinski definition) is 0. The summed E-state index contributed by atoms with van der Waals surface area (Å²) in [6, 6.07) is 0. The molecule has 0 aliphatic carbocycles. The van der Waals surface area contributed by atoms with Crippen molar-refractivity contribution in [1.82, 2.24) is 14.5 Å². The first-order valence-electron chi connectivity index (χ1n) is 9.28. The monoisotopic (exact) mass is 319 g/mol. The lowest BCUT2D eigenvalue weighted by molar-refractivity contribution is -0.0431. The topological polar surface area (TPSA) is 39.5 Å². The number of rotatable bonds is 4. The molecule has 3 aliphatic heterocycles. The molecule has 0 amide bonds. The van der Waals surface area contributed by atoms with E-state index in [-0.39, 0.29) is 5.54 Å². The smallest absolute Gasteiger partial charge is 0.0952 e. The highest BCUT2D eigenvalue weighted by Crippen LogP contribution is 2.42. The molecule has 4 heterocycles. The molecule has 2 fully saturated rings. The second-order valence-corrected chi connectivity index (χ2v) is 7.23. The minimum Gasteiger partial charge on any atom is -0.381 e. The Morgan fingerprint density at radius 2 is 2.13 bits per heavy atom. The molecule has 5 heteroatoms. The second kappa shape index (κ2) is 6.54. The Labute approximate surface area is 139 Å². The fourth-order valence-corrected chi connectivity index (χ4v) is 4.67. The Balaban J connectivity index is 1.58. The number of aromatic nitrogens is 2. The van der Waals surface area contributed by atoms with E-state index in [0.29, 0.717) is 0 Å². The van der Waals surface area contributed by atoms with Gasteiger partial charge in [0.1, 0.15) is 0 Å². The molecule has 3 aliphatic rings.